The van der Waals surface area contributed by atoms with Gasteiger partial charge in [-0.1, -0.05) is 36.4 Å². The van der Waals surface area contributed by atoms with Gasteiger partial charge in [-0.05, 0) is 34.9 Å². The molecule has 0 aliphatic carbocycles. The first-order chi connectivity index (χ1) is 16.9. The standard InChI is InChI=1S/C23H16F6N2O4S/c24-16-8-5-15(6-9-16)12-31(11-14-3-1-13(2-4-14)7-10-17(32)30-33)36(34,35)23-21(28)19(26)18(25)20(27)22(23)29/h1-10,33H,11-12H2,(H,30,32)/b10-7+. The summed E-state index contributed by atoms with van der Waals surface area (Å²) in [6.07, 6.45) is 2.32. The monoisotopic (exact) mass is 530 g/mol. The van der Waals surface area contributed by atoms with Crippen LogP contribution in [-0.4, -0.2) is 23.8 Å². The highest BCUT2D eigenvalue weighted by Crippen LogP contribution is 2.30. The molecule has 0 bridgehead atoms. The number of carbonyl (C=O) groups is 1. The molecule has 0 spiro atoms. The Hall–Kier alpha value is -3.68. The maximum Gasteiger partial charge on any atom is 0.267 e. The third kappa shape index (κ3) is 5.75. The van der Waals surface area contributed by atoms with Gasteiger partial charge in [0, 0.05) is 19.2 Å². The quantitative estimate of drug-likeness (QED) is 0.113. The normalized spacial score (nSPS) is 11.9. The first-order valence-electron chi connectivity index (χ1n) is 9.92. The molecular weight excluding hydrogens is 514 g/mol. The number of halogens is 6. The van der Waals surface area contributed by atoms with Crippen LogP contribution in [0.25, 0.3) is 6.08 Å². The molecule has 36 heavy (non-hydrogen) atoms. The molecule has 0 aliphatic heterocycles. The van der Waals surface area contributed by atoms with Crippen LogP contribution in [0.3, 0.4) is 0 Å². The van der Waals surface area contributed by atoms with Crippen LogP contribution in [0.15, 0.2) is 59.5 Å². The number of hydrogen-bond donors (Lipinski definition) is 2. The van der Waals surface area contributed by atoms with Crippen LogP contribution in [0, 0.1) is 34.9 Å². The van der Waals surface area contributed by atoms with Crippen LogP contribution in [0.5, 0.6) is 0 Å². The highest BCUT2D eigenvalue weighted by atomic mass is 32.2. The highest BCUT2D eigenvalue weighted by molar-refractivity contribution is 7.89. The Labute approximate surface area is 201 Å². The summed E-state index contributed by atoms with van der Waals surface area (Å²) in [5.41, 5.74) is 2.25. The van der Waals surface area contributed by atoms with Gasteiger partial charge in [-0.3, -0.25) is 10.0 Å². The SMILES string of the molecule is O=C(/C=C/c1ccc(CN(Cc2ccc(F)cc2)S(=O)(=O)c2c(F)c(F)c(F)c(F)c2F)cc1)NO. The van der Waals surface area contributed by atoms with Crippen molar-refractivity contribution in [1.82, 2.24) is 9.79 Å². The number of rotatable bonds is 8. The fourth-order valence-electron chi connectivity index (χ4n) is 3.11. The Morgan fingerprint density at radius 1 is 0.778 bits per heavy atom. The Balaban J connectivity index is 2.04. The van der Waals surface area contributed by atoms with E-state index in [-0.39, 0.29) is 11.1 Å². The van der Waals surface area contributed by atoms with Crippen LogP contribution in [-0.2, 0) is 27.9 Å². The number of carbonyl (C=O) groups excluding carboxylic acids is 1. The molecule has 0 saturated carbocycles. The molecule has 3 rings (SSSR count). The van der Waals surface area contributed by atoms with Crippen molar-refractivity contribution in [2.45, 2.75) is 18.0 Å². The summed E-state index contributed by atoms with van der Waals surface area (Å²) in [6.45, 7) is -1.17. The molecule has 2 N–H and O–H groups in total. The van der Waals surface area contributed by atoms with Crippen molar-refractivity contribution in [2.75, 3.05) is 0 Å². The molecule has 0 atom stereocenters. The second-order valence-electron chi connectivity index (χ2n) is 7.35. The molecule has 0 aliphatic rings. The third-order valence-corrected chi connectivity index (χ3v) is 6.73. The summed E-state index contributed by atoms with van der Waals surface area (Å²) in [6, 6.07) is 10.1. The maximum absolute atomic E-state index is 14.4. The molecule has 3 aromatic carbocycles. The topological polar surface area (TPSA) is 86.7 Å². The van der Waals surface area contributed by atoms with Crippen molar-refractivity contribution < 1.29 is 44.8 Å². The molecule has 0 unspecified atom stereocenters. The smallest absolute Gasteiger partial charge is 0.267 e. The zero-order valence-electron chi connectivity index (χ0n) is 18.0. The van der Waals surface area contributed by atoms with E-state index in [9.17, 15) is 39.6 Å². The minimum atomic E-state index is -5.32. The summed E-state index contributed by atoms with van der Waals surface area (Å²) >= 11 is 0. The van der Waals surface area contributed by atoms with E-state index in [1.165, 1.54) is 48.0 Å². The molecule has 3 aromatic rings. The van der Waals surface area contributed by atoms with Crippen LogP contribution in [0.1, 0.15) is 16.7 Å². The lowest BCUT2D eigenvalue weighted by Gasteiger charge is -2.23. The van der Waals surface area contributed by atoms with Crippen molar-refractivity contribution in [2.24, 2.45) is 0 Å². The number of hydroxylamine groups is 1. The van der Waals surface area contributed by atoms with Crippen molar-refractivity contribution in [1.29, 1.82) is 0 Å². The molecule has 0 saturated heterocycles. The van der Waals surface area contributed by atoms with E-state index in [0.717, 1.165) is 18.2 Å². The lowest BCUT2D eigenvalue weighted by Crippen LogP contribution is -2.32. The zero-order valence-corrected chi connectivity index (χ0v) is 18.8. The average Bonchev–Trinajstić information content (AvgIpc) is 2.86. The van der Waals surface area contributed by atoms with E-state index >= 15 is 0 Å². The Bertz CT molecular complexity index is 1380. The van der Waals surface area contributed by atoms with Crippen LogP contribution < -0.4 is 5.48 Å². The summed E-state index contributed by atoms with van der Waals surface area (Å²) in [4.78, 5) is 9.06. The molecule has 13 heteroatoms. The summed E-state index contributed by atoms with van der Waals surface area (Å²) in [7, 11) is -5.32. The van der Waals surface area contributed by atoms with Gasteiger partial charge in [0.05, 0.1) is 0 Å². The largest absolute Gasteiger partial charge is 0.288 e. The van der Waals surface area contributed by atoms with Gasteiger partial charge >= 0.3 is 0 Å². The van der Waals surface area contributed by atoms with Gasteiger partial charge in [-0.15, -0.1) is 0 Å². The van der Waals surface area contributed by atoms with Crippen LogP contribution in [0.2, 0.25) is 0 Å². The van der Waals surface area contributed by atoms with Crippen molar-refractivity contribution in [3.05, 3.63) is 106 Å². The van der Waals surface area contributed by atoms with Gasteiger partial charge in [-0.25, -0.2) is 40.2 Å². The first kappa shape index (κ1) is 26.9. The molecule has 0 radical (unpaired) electrons. The lowest BCUT2D eigenvalue weighted by molar-refractivity contribution is -0.124. The summed E-state index contributed by atoms with van der Waals surface area (Å²) in [5.74, 6) is -13.8. The highest BCUT2D eigenvalue weighted by Gasteiger charge is 2.37. The van der Waals surface area contributed by atoms with Crippen molar-refractivity contribution >= 4 is 22.0 Å². The van der Waals surface area contributed by atoms with Crippen molar-refractivity contribution in [3.8, 4) is 0 Å². The summed E-state index contributed by atoms with van der Waals surface area (Å²) in [5, 5.41) is 8.50. The molecule has 0 fully saturated rings. The van der Waals surface area contributed by atoms with Gasteiger partial charge in [0.15, 0.2) is 28.2 Å². The van der Waals surface area contributed by atoms with Crippen LogP contribution in [0.4, 0.5) is 26.3 Å². The molecule has 0 aromatic heterocycles. The molecule has 0 heterocycles. The van der Waals surface area contributed by atoms with E-state index in [1.54, 1.807) is 0 Å². The van der Waals surface area contributed by atoms with E-state index in [4.69, 9.17) is 5.21 Å². The van der Waals surface area contributed by atoms with E-state index < -0.39 is 68.8 Å². The van der Waals surface area contributed by atoms with Gasteiger partial charge in [0.2, 0.25) is 15.8 Å². The Morgan fingerprint density at radius 3 is 1.69 bits per heavy atom. The van der Waals surface area contributed by atoms with E-state index in [1.807, 2.05) is 0 Å². The fraction of sp³-hybridized carbons (Fsp3) is 0.0870. The van der Waals surface area contributed by atoms with E-state index in [0.29, 0.717) is 9.87 Å². The minimum Gasteiger partial charge on any atom is -0.288 e. The van der Waals surface area contributed by atoms with Gasteiger partial charge in [0.25, 0.3) is 5.91 Å². The number of nitrogens with zero attached hydrogens (tertiary/aromatic N) is 1. The fourth-order valence-corrected chi connectivity index (χ4v) is 4.64. The predicted octanol–water partition coefficient (Wildman–Crippen LogP) is 4.43. The zero-order chi connectivity index (χ0) is 26.6. The number of nitrogens with one attached hydrogen (secondary N) is 1. The Kier molecular flexibility index (Phi) is 8.17. The Morgan fingerprint density at radius 2 is 1.22 bits per heavy atom. The predicted molar refractivity (Wildman–Crippen MR) is 114 cm³/mol. The molecular formula is C23H16F6N2O4S. The first-order valence-corrected chi connectivity index (χ1v) is 11.4. The van der Waals surface area contributed by atoms with Gasteiger partial charge in [0.1, 0.15) is 5.82 Å². The van der Waals surface area contributed by atoms with Crippen molar-refractivity contribution in [3.63, 3.8) is 0 Å². The third-order valence-electron chi connectivity index (χ3n) is 4.92. The number of benzene rings is 3. The second-order valence-corrected chi connectivity index (χ2v) is 9.22. The maximum atomic E-state index is 14.4. The minimum absolute atomic E-state index is 0.165. The van der Waals surface area contributed by atoms with Gasteiger partial charge < -0.3 is 0 Å². The number of amides is 1. The second kappa shape index (κ2) is 10.9. The number of sulfonamides is 1. The van der Waals surface area contributed by atoms with Crippen LogP contribution >= 0.6 is 0 Å². The molecule has 190 valence electrons. The molecule has 1 amide bonds. The lowest BCUT2D eigenvalue weighted by atomic mass is 10.1. The van der Waals surface area contributed by atoms with Gasteiger partial charge in [-0.2, -0.15) is 4.31 Å². The molecule has 6 nitrogen and oxygen atoms in total. The van der Waals surface area contributed by atoms with E-state index in [2.05, 4.69) is 0 Å². The summed E-state index contributed by atoms with van der Waals surface area (Å²) < 4.78 is 110. The average molecular weight is 530 g/mol. The number of hydrogen-bond acceptors (Lipinski definition) is 4.